The second kappa shape index (κ2) is 8.77. The summed E-state index contributed by atoms with van der Waals surface area (Å²) in [5.41, 5.74) is 4.82. The molecule has 0 saturated heterocycles. The van der Waals surface area contributed by atoms with Crippen LogP contribution >= 0.6 is 0 Å². The summed E-state index contributed by atoms with van der Waals surface area (Å²) in [6.07, 6.45) is 2.31. The van der Waals surface area contributed by atoms with Crippen LogP contribution in [-0.2, 0) is 27.2 Å². The average molecular weight is 392 g/mol. The number of nitrogens with one attached hydrogen (secondary N) is 1. The first-order chi connectivity index (χ1) is 13.2. The topological polar surface area (TPSA) is 128 Å². The van der Waals surface area contributed by atoms with E-state index in [1.807, 2.05) is 13.8 Å². The van der Waals surface area contributed by atoms with Crippen molar-refractivity contribution < 1.29 is 0 Å². The molecule has 0 bridgehead atoms. The van der Waals surface area contributed by atoms with Gasteiger partial charge in [-0.05, 0) is 12.8 Å². The minimum atomic E-state index is -0.586. The van der Waals surface area contributed by atoms with Gasteiger partial charge in [0.05, 0.1) is 6.54 Å². The maximum atomic E-state index is 12.5. The molecule has 2 aromatic rings. The van der Waals surface area contributed by atoms with Crippen LogP contribution in [0.25, 0.3) is 0 Å². The van der Waals surface area contributed by atoms with Gasteiger partial charge >= 0.3 is 11.4 Å². The van der Waals surface area contributed by atoms with Gasteiger partial charge in [0, 0.05) is 38.9 Å². The molecule has 0 amide bonds. The number of rotatable bonds is 8. The van der Waals surface area contributed by atoms with Gasteiger partial charge in [0.15, 0.2) is 0 Å². The third kappa shape index (κ3) is 4.10. The molecule has 0 atom stereocenters. The van der Waals surface area contributed by atoms with Crippen LogP contribution < -0.4 is 33.1 Å². The molecule has 0 radical (unpaired) electrons. The minimum Gasteiger partial charge on any atom is -0.383 e. The predicted octanol–water partition coefficient (Wildman–Crippen LogP) is -0.267. The van der Waals surface area contributed by atoms with E-state index in [0.717, 1.165) is 17.4 Å². The van der Waals surface area contributed by atoms with E-state index < -0.39 is 22.5 Å². The number of nitrogen functional groups attached to an aromatic ring is 1. The Hall–Kier alpha value is -3.04. The van der Waals surface area contributed by atoms with Crippen LogP contribution in [0, 0.1) is 0 Å². The summed E-state index contributed by atoms with van der Waals surface area (Å²) in [5, 5.41) is 0. The molecule has 0 unspecified atom stereocenters. The smallest absolute Gasteiger partial charge is 0.330 e. The Labute approximate surface area is 161 Å². The molecule has 0 spiro atoms. The molecule has 154 valence electrons. The number of nitrogens with zero attached hydrogens (tertiary/aromatic N) is 4. The summed E-state index contributed by atoms with van der Waals surface area (Å²) >= 11 is 0. The summed E-state index contributed by atoms with van der Waals surface area (Å²) in [6.45, 7) is 4.92. The van der Waals surface area contributed by atoms with Gasteiger partial charge in [-0.15, -0.1) is 0 Å². The Morgan fingerprint density at radius 3 is 2.36 bits per heavy atom. The molecule has 2 rings (SSSR count). The fraction of sp³-hybridized carbons (Fsp3) is 0.556. The van der Waals surface area contributed by atoms with E-state index in [0.29, 0.717) is 25.2 Å². The molecule has 10 heteroatoms. The molecule has 2 heterocycles. The van der Waals surface area contributed by atoms with Gasteiger partial charge < -0.3 is 10.6 Å². The Balaban J connectivity index is 2.59. The first-order valence-electron chi connectivity index (χ1n) is 9.36. The van der Waals surface area contributed by atoms with E-state index in [-0.39, 0.29) is 18.1 Å². The van der Waals surface area contributed by atoms with Crippen LogP contribution in [0.15, 0.2) is 25.2 Å². The monoisotopic (exact) mass is 392 g/mol. The number of anilines is 2. The van der Waals surface area contributed by atoms with Gasteiger partial charge in [-0.25, -0.2) is 9.59 Å². The second-order valence-corrected chi connectivity index (χ2v) is 6.79. The van der Waals surface area contributed by atoms with E-state index in [1.54, 1.807) is 11.9 Å². The molecule has 10 nitrogen and oxygen atoms in total. The van der Waals surface area contributed by atoms with Crippen LogP contribution in [0.5, 0.6) is 0 Å². The van der Waals surface area contributed by atoms with Gasteiger partial charge in [-0.1, -0.05) is 20.3 Å². The molecule has 0 aliphatic heterocycles. The van der Waals surface area contributed by atoms with Gasteiger partial charge in [0.2, 0.25) is 0 Å². The molecular formula is C18H28N6O4. The highest BCUT2D eigenvalue weighted by molar-refractivity contribution is 5.62. The van der Waals surface area contributed by atoms with Crippen molar-refractivity contribution in [2.45, 2.75) is 46.2 Å². The standard InChI is InChI=1S/C18H28N6O4/c1-5-7-9-24-15(19)14(16(26)20-17(24)27)23(8-6-2)11-12-10-13(25)22(4)18(28)21(12)3/h10H,5-9,11,19H2,1-4H3,(H,20,26,27). The summed E-state index contributed by atoms with van der Waals surface area (Å²) in [4.78, 5) is 53.0. The Kier molecular flexibility index (Phi) is 6.66. The van der Waals surface area contributed by atoms with Crippen molar-refractivity contribution >= 4 is 11.5 Å². The highest BCUT2D eigenvalue weighted by Crippen LogP contribution is 2.19. The van der Waals surface area contributed by atoms with Gasteiger partial charge in [-0.3, -0.25) is 28.3 Å². The van der Waals surface area contributed by atoms with Crippen molar-refractivity contribution in [3.63, 3.8) is 0 Å². The van der Waals surface area contributed by atoms with Crippen molar-refractivity contribution in [2.75, 3.05) is 17.2 Å². The average Bonchev–Trinajstić information content (AvgIpc) is 2.64. The lowest BCUT2D eigenvalue weighted by Crippen LogP contribution is -2.42. The molecule has 2 aromatic heterocycles. The number of hydrogen-bond donors (Lipinski definition) is 2. The van der Waals surface area contributed by atoms with E-state index in [1.165, 1.54) is 22.2 Å². The second-order valence-electron chi connectivity index (χ2n) is 6.79. The maximum Gasteiger partial charge on any atom is 0.330 e. The van der Waals surface area contributed by atoms with Crippen molar-refractivity contribution in [1.82, 2.24) is 18.7 Å². The quantitative estimate of drug-likeness (QED) is 0.637. The zero-order chi connectivity index (χ0) is 21.0. The molecule has 0 fully saturated rings. The molecule has 0 aliphatic rings. The van der Waals surface area contributed by atoms with Gasteiger partial charge in [-0.2, -0.15) is 0 Å². The molecule has 0 aromatic carbocycles. The van der Waals surface area contributed by atoms with Crippen LogP contribution in [0.2, 0.25) is 0 Å². The summed E-state index contributed by atoms with van der Waals surface area (Å²) in [7, 11) is 2.97. The summed E-state index contributed by atoms with van der Waals surface area (Å²) in [6, 6.07) is 1.36. The predicted molar refractivity (Wildman–Crippen MR) is 109 cm³/mol. The molecular weight excluding hydrogens is 364 g/mol. The highest BCUT2D eigenvalue weighted by Gasteiger charge is 2.20. The number of nitrogens with two attached hydrogens (primary N) is 1. The number of hydrogen-bond acceptors (Lipinski definition) is 6. The van der Waals surface area contributed by atoms with E-state index in [9.17, 15) is 19.2 Å². The van der Waals surface area contributed by atoms with E-state index >= 15 is 0 Å². The highest BCUT2D eigenvalue weighted by atomic mass is 16.2. The Bertz CT molecular complexity index is 1080. The van der Waals surface area contributed by atoms with Crippen molar-refractivity contribution in [3.8, 4) is 0 Å². The van der Waals surface area contributed by atoms with Crippen molar-refractivity contribution in [2.24, 2.45) is 14.1 Å². The maximum absolute atomic E-state index is 12.5. The van der Waals surface area contributed by atoms with Gasteiger partial charge in [0.1, 0.15) is 11.5 Å². The van der Waals surface area contributed by atoms with Crippen LogP contribution in [0.1, 0.15) is 38.8 Å². The Morgan fingerprint density at radius 2 is 1.75 bits per heavy atom. The summed E-state index contributed by atoms with van der Waals surface area (Å²) in [5.74, 6) is 0.0875. The lowest BCUT2D eigenvalue weighted by Gasteiger charge is -2.26. The van der Waals surface area contributed by atoms with Crippen molar-refractivity contribution in [3.05, 3.63) is 53.4 Å². The van der Waals surface area contributed by atoms with Crippen molar-refractivity contribution in [1.29, 1.82) is 0 Å². The first kappa shape index (κ1) is 21.3. The summed E-state index contributed by atoms with van der Waals surface area (Å²) < 4.78 is 3.73. The molecule has 28 heavy (non-hydrogen) atoms. The van der Waals surface area contributed by atoms with E-state index in [2.05, 4.69) is 4.98 Å². The minimum absolute atomic E-state index is 0.0875. The number of aromatic nitrogens is 4. The molecule has 0 saturated carbocycles. The third-order valence-corrected chi connectivity index (χ3v) is 4.74. The number of unbranched alkanes of at least 4 members (excludes halogenated alkanes) is 1. The van der Waals surface area contributed by atoms with Crippen LogP contribution in [0.3, 0.4) is 0 Å². The number of aromatic amines is 1. The molecule has 3 N–H and O–H groups in total. The fourth-order valence-electron chi connectivity index (χ4n) is 3.09. The lowest BCUT2D eigenvalue weighted by atomic mass is 10.2. The number of H-pyrrole nitrogens is 1. The third-order valence-electron chi connectivity index (χ3n) is 4.74. The van der Waals surface area contributed by atoms with Crippen LogP contribution in [-0.4, -0.2) is 25.2 Å². The zero-order valence-corrected chi connectivity index (χ0v) is 16.8. The lowest BCUT2D eigenvalue weighted by molar-refractivity contribution is 0.597. The molecule has 0 aliphatic carbocycles. The Morgan fingerprint density at radius 1 is 1.07 bits per heavy atom. The normalized spacial score (nSPS) is 11.0. The van der Waals surface area contributed by atoms with Gasteiger partial charge in [0.25, 0.3) is 11.1 Å². The zero-order valence-electron chi connectivity index (χ0n) is 16.8. The first-order valence-corrected chi connectivity index (χ1v) is 9.36. The fourth-order valence-corrected chi connectivity index (χ4v) is 3.09. The van der Waals surface area contributed by atoms with E-state index in [4.69, 9.17) is 5.73 Å². The SMILES string of the molecule is CCCCn1c(N)c(N(CCC)Cc2cc(=O)n(C)c(=O)n2C)c(=O)[nH]c1=O. The van der Waals surface area contributed by atoms with Crippen LogP contribution in [0.4, 0.5) is 11.5 Å². The largest absolute Gasteiger partial charge is 0.383 e.